The Labute approximate surface area is 182 Å². The lowest BCUT2D eigenvalue weighted by molar-refractivity contribution is 0.943. The molecule has 0 aliphatic carbocycles. The minimum atomic E-state index is -0.0829. The lowest BCUT2D eigenvalue weighted by atomic mass is 10.0. The highest BCUT2D eigenvalue weighted by Crippen LogP contribution is 2.22. The van der Waals surface area contributed by atoms with Gasteiger partial charge in [0.05, 0.1) is 16.6 Å². The van der Waals surface area contributed by atoms with Gasteiger partial charge in [-0.1, -0.05) is 76.6 Å². The van der Waals surface area contributed by atoms with E-state index in [2.05, 4.69) is 40.2 Å². The number of hydrogen-bond donors (Lipinski definition) is 0. The largest absolute Gasteiger partial charge is 0.268 e. The maximum atomic E-state index is 13.3. The average molecular weight is 453 g/mol. The van der Waals surface area contributed by atoms with Crippen LogP contribution in [-0.4, -0.2) is 9.55 Å². The Morgan fingerprint density at radius 2 is 1.43 bits per heavy atom. The molecule has 0 amide bonds. The number of benzene rings is 4. The monoisotopic (exact) mass is 452 g/mol. The van der Waals surface area contributed by atoms with Crippen LogP contribution in [0.2, 0.25) is 0 Å². The van der Waals surface area contributed by atoms with Gasteiger partial charge < -0.3 is 0 Å². The van der Waals surface area contributed by atoms with Gasteiger partial charge in [0.25, 0.3) is 5.56 Å². The van der Waals surface area contributed by atoms with Crippen LogP contribution >= 0.6 is 15.9 Å². The molecule has 3 nitrogen and oxygen atoms in total. The van der Waals surface area contributed by atoms with E-state index in [9.17, 15) is 4.79 Å². The summed E-state index contributed by atoms with van der Waals surface area (Å²) in [5, 5.41) is 2.94. The number of rotatable bonds is 3. The Balaban J connectivity index is 1.73. The summed E-state index contributed by atoms with van der Waals surface area (Å²) in [5.74, 6) is 0.592. The van der Waals surface area contributed by atoms with Crippen molar-refractivity contribution in [3.05, 3.63) is 117 Å². The summed E-state index contributed by atoms with van der Waals surface area (Å²) < 4.78 is 2.62. The molecule has 0 bridgehead atoms. The topological polar surface area (TPSA) is 34.9 Å². The van der Waals surface area contributed by atoms with Gasteiger partial charge in [-0.05, 0) is 58.8 Å². The lowest BCUT2D eigenvalue weighted by Gasteiger charge is -2.11. The predicted octanol–water partition coefficient (Wildman–Crippen LogP) is 6.47. The minimum Gasteiger partial charge on any atom is -0.268 e. The Kier molecular flexibility index (Phi) is 4.77. The molecule has 4 heteroatoms. The Morgan fingerprint density at radius 3 is 2.27 bits per heavy atom. The van der Waals surface area contributed by atoms with Crippen LogP contribution in [0.5, 0.6) is 0 Å². The zero-order chi connectivity index (χ0) is 20.5. The van der Waals surface area contributed by atoms with Crippen LogP contribution in [0.25, 0.3) is 39.5 Å². The summed E-state index contributed by atoms with van der Waals surface area (Å²) in [6, 6.07) is 29.6. The van der Waals surface area contributed by atoms with Crippen molar-refractivity contribution in [2.45, 2.75) is 0 Å². The van der Waals surface area contributed by atoms with E-state index in [-0.39, 0.29) is 5.56 Å². The summed E-state index contributed by atoms with van der Waals surface area (Å²) in [6.07, 6.45) is 3.94. The SMILES string of the molecule is O=c1c2ccccc2nc(/C=C/c2cccc3ccccc23)n1-c1ccc(Br)cc1. The lowest BCUT2D eigenvalue weighted by Crippen LogP contribution is -2.22. The van der Waals surface area contributed by atoms with Crippen molar-refractivity contribution in [1.29, 1.82) is 0 Å². The van der Waals surface area contributed by atoms with Crippen LogP contribution in [0, 0.1) is 0 Å². The van der Waals surface area contributed by atoms with E-state index < -0.39 is 0 Å². The second kappa shape index (κ2) is 7.73. The van der Waals surface area contributed by atoms with Gasteiger partial charge in [0, 0.05) is 4.47 Å². The molecule has 0 atom stereocenters. The van der Waals surface area contributed by atoms with Crippen molar-refractivity contribution < 1.29 is 0 Å². The van der Waals surface area contributed by atoms with Gasteiger partial charge in [-0.2, -0.15) is 0 Å². The number of fused-ring (bicyclic) bond motifs is 2. The Morgan fingerprint density at radius 1 is 0.733 bits per heavy atom. The highest BCUT2D eigenvalue weighted by atomic mass is 79.9. The van der Waals surface area contributed by atoms with E-state index in [0.717, 1.165) is 21.1 Å². The standard InChI is InChI=1S/C26H17BrN2O/c27-20-13-15-21(16-14-20)29-25(28-24-11-4-3-10-23(24)26(29)30)17-12-19-8-5-7-18-6-1-2-9-22(18)19/h1-17H/b17-12+. The van der Waals surface area contributed by atoms with E-state index in [1.165, 1.54) is 5.39 Å². The average Bonchev–Trinajstić information content (AvgIpc) is 2.79. The molecule has 0 unspecified atom stereocenters. The first-order chi connectivity index (χ1) is 14.7. The van der Waals surface area contributed by atoms with E-state index in [1.807, 2.05) is 78.9 Å². The first-order valence-electron chi connectivity index (χ1n) is 9.64. The third-order valence-electron chi connectivity index (χ3n) is 5.12. The maximum Gasteiger partial charge on any atom is 0.266 e. The van der Waals surface area contributed by atoms with Crippen molar-refractivity contribution in [1.82, 2.24) is 9.55 Å². The Bertz CT molecular complexity index is 1460. The van der Waals surface area contributed by atoms with Crippen LogP contribution < -0.4 is 5.56 Å². The molecule has 0 saturated carbocycles. The van der Waals surface area contributed by atoms with Gasteiger partial charge in [-0.25, -0.2) is 4.98 Å². The van der Waals surface area contributed by atoms with Crippen molar-refractivity contribution in [2.24, 2.45) is 0 Å². The van der Waals surface area contributed by atoms with Gasteiger partial charge in [0.1, 0.15) is 5.82 Å². The van der Waals surface area contributed by atoms with Crippen LogP contribution in [0.4, 0.5) is 0 Å². The summed E-state index contributed by atoms with van der Waals surface area (Å²) in [4.78, 5) is 18.1. The highest BCUT2D eigenvalue weighted by Gasteiger charge is 2.11. The zero-order valence-corrected chi connectivity index (χ0v) is 17.6. The molecule has 30 heavy (non-hydrogen) atoms. The van der Waals surface area contributed by atoms with E-state index in [0.29, 0.717) is 16.7 Å². The number of para-hydroxylation sites is 1. The van der Waals surface area contributed by atoms with Crippen LogP contribution in [-0.2, 0) is 0 Å². The molecule has 1 heterocycles. The maximum absolute atomic E-state index is 13.3. The summed E-state index contributed by atoms with van der Waals surface area (Å²) in [7, 11) is 0. The molecule has 0 saturated heterocycles. The third kappa shape index (κ3) is 3.36. The molecule has 0 aliphatic heterocycles. The molecular weight excluding hydrogens is 436 g/mol. The van der Waals surface area contributed by atoms with Crippen LogP contribution in [0.15, 0.2) is 100 Å². The molecule has 4 aromatic carbocycles. The summed E-state index contributed by atoms with van der Waals surface area (Å²) in [5.41, 5.74) is 2.46. The minimum absolute atomic E-state index is 0.0829. The van der Waals surface area contributed by atoms with Crippen molar-refractivity contribution in [2.75, 3.05) is 0 Å². The van der Waals surface area contributed by atoms with Crippen molar-refractivity contribution >= 4 is 49.8 Å². The molecule has 0 aliphatic rings. The molecule has 5 rings (SSSR count). The first-order valence-corrected chi connectivity index (χ1v) is 10.4. The quantitative estimate of drug-likeness (QED) is 0.314. The van der Waals surface area contributed by atoms with Crippen molar-refractivity contribution in [3.8, 4) is 5.69 Å². The smallest absolute Gasteiger partial charge is 0.266 e. The fourth-order valence-corrected chi connectivity index (χ4v) is 3.93. The van der Waals surface area contributed by atoms with Gasteiger partial charge in [-0.15, -0.1) is 0 Å². The van der Waals surface area contributed by atoms with E-state index in [4.69, 9.17) is 4.98 Å². The van der Waals surface area contributed by atoms with Crippen LogP contribution in [0.1, 0.15) is 11.4 Å². The normalized spacial score (nSPS) is 11.5. The molecule has 0 radical (unpaired) electrons. The summed E-state index contributed by atoms with van der Waals surface area (Å²) in [6.45, 7) is 0. The number of aromatic nitrogens is 2. The van der Waals surface area contributed by atoms with Crippen LogP contribution in [0.3, 0.4) is 0 Å². The molecule has 144 valence electrons. The van der Waals surface area contributed by atoms with Gasteiger partial charge in [0.15, 0.2) is 0 Å². The molecule has 0 spiro atoms. The van der Waals surface area contributed by atoms with E-state index >= 15 is 0 Å². The molecule has 0 N–H and O–H groups in total. The zero-order valence-electron chi connectivity index (χ0n) is 16.0. The van der Waals surface area contributed by atoms with E-state index in [1.54, 1.807) is 4.57 Å². The summed E-state index contributed by atoms with van der Waals surface area (Å²) >= 11 is 3.46. The second-order valence-corrected chi connectivity index (χ2v) is 7.92. The molecule has 0 fully saturated rings. The first kappa shape index (κ1) is 18.5. The number of hydrogen-bond acceptors (Lipinski definition) is 2. The number of halogens is 1. The molecule has 5 aromatic rings. The fraction of sp³-hybridized carbons (Fsp3) is 0. The molecular formula is C26H17BrN2O. The van der Waals surface area contributed by atoms with Gasteiger partial charge >= 0.3 is 0 Å². The third-order valence-corrected chi connectivity index (χ3v) is 5.65. The number of nitrogens with zero attached hydrogens (tertiary/aromatic N) is 2. The van der Waals surface area contributed by atoms with Crippen molar-refractivity contribution in [3.63, 3.8) is 0 Å². The Hall–Kier alpha value is -3.50. The second-order valence-electron chi connectivity index (χ2n) is 7.01. The van der Waals surface area contributed by atoms with Gasteiger partial charge in [0.2, 0.25) is 0 Å². The molecule has 1 aromatic heterocycles. The fourth-order valence-electron chi connectivity index (χ4n) is 3.66. The highest BCUT2D eigenvalue weighted by molar-refractivity contribution is 9.10. The predicted molar refractivity (Wildman–Crippen MR) is 128 cm³/mol. The van der Waals surface area contributed by atoms with Gasteiger partial charge in [-0.3, -0.25) is 9.36 Å².